The van der Waals surface area contributed by atoms with Crippen molar-refractivity contribution in [2.45, 2.75) is 32.1 Å². The van der Waals surface area contributed by atoms with E-state index in [1.165, 1.54) is 0 Å². The largest absolute Gasteiger partial charge is 0.481 e. The van der Waals surface area contributed by atoms with Crippen LogP contribution < -0.4 is 0 Å². The number of hydrogen-bond acceptors (Lipinski definition) is 3. The first-order chi connectivity index (χ1) is 8.63. The quantitative estimate of drug-likeness (QED) is 0.755. The Hall–Kier alpha value is -1.84. The van der Waals surface area contributed by atoms with Crippen LogP contribution in [0.15, 0.2) is 30.3 Å². The fraction of sp³-hybridized carbons (Fsp3) is 0.429. The number of carbonyl (C=O) groups is 2. The second-order valence-electron chi connectivity index (χ2n) is 4.13. The second kappa shape index (κ2) is 7.48. The van der Waals surface area contributed by atoms with Crippen molar-refractivity contribution in [3.63, 3.8) is 0 Å². The molecular weight excluding hydrogens is 232 g/mol. The van der Waals surface area contributed by atoms with Crippen LogP contribution in [-0.4, -0.2) is 23.7 Å². The molecular formula is C14H18O4. The van der Waals surface area contributed by atoms with E-state index in [1.54, 1.807) is 0 Å². The van der Waals surface area contributed by atoms with Gasteiger partial charge in [-0.25, -0.2) is 0 Å². The molecule has 0 bridgehead atoms. The molecule has 0 aliphatic carbocycles. The Morgan fingerprint density at radius 3 is 2.44 bits per heavy atom. The van der Waals surface area contributed by atoms with E-state index in [2.05, 4.69) is 0 Å². The molecule has 1 N–H and O–H groups in total. The number of rotatable bonds is 7. The fourth-order valence-electron chi connectivity index (χ4n) is 1.72. The highest BCUT2D eigenvalue weighted by Crippen LogP contribution is 2.23. The highest BCUT2D eigenvalue weighted by Gasteiger charge is 2.19. The number of esters is 1. The zero-order valence-corrected chi connectivity index (χ0v) is 10.5. The van der Waals surface area contributed by atoms with Crippen molar-refractivity contribution in [2.24, 2.45) is 0 Å². The highest BCUT2D eigenvalue weighted by molar-refractivity contribution is 5.73. The first-order valence-electron chi connectivity index (χ1n) is 6.05. The first kappa shape index (κ1) is 14.2. The minimum absolute atomic E-state index is 0.0642. The van der Waals surface area contributed by atoms with E-state index in [-0.39, 0.29) is 24.7 Å². The topological polar surface area (TPSA) is 63.6 Å². The number of aliphatic carboxylic acids is 1. The molecule has 0 fully saturated rings. The van der Waals surface area contributed by atoms with Gasteiger partial charge in [0.1, 0.15) is 0 Å². The van der Waals surface area contributed by atoms with Crippen LogP contribution in [0.4, 0.5) is 0 Å². The van der Waals surface area contributed by atoms with Gasteiger partial charge in [0.25, 0.3) is 0 Å². The Labute approximate surface area is 107 Å². The third kappa shape index (κ3) is 4.99. The second-order valence-corrected chi connectivity index (χ2v) is 4.13. The third-order valence-electron chi connectivity index (χ3n) is 2.57. The van der Waals surface area contributed by atoms with Gasteiger partial charge in [-0.3, -0.25) is 9.59 Å². The zero-order valence-electron chi connectivity index (χ0n) is 10.5. The molecule has 18 heavy (non-hydrogen) atoms. The van der Waals surface area contributed by atoms with Crippen LogP contribution >= 0.6 is 0 Å². The van der Waals surface area contributed by atoms with E-state index in [4.69, 9.17) is 9.84 Å². The lowest BCUT2D eigenvalue weighted by Crippen LogP contribution is -2.14. The number of benzene rings is 1. The van der Waals surface area contributed by atoms with Gasteiger partial charge in [-0.2, -0.15) is 0 Å². The van der Waals surface area contributed by atoms with Crippen molar-refractivity contribution in [3.05, 3.63) is 35.9 Å². The molecule has 0 aromatic heterocycles. The van der Waals surface area contributed by atoms with E-state index < -0.39 is 5.97 Å². The van der Waals surface area contributed by atoms with Gasteiger partial charge in [-0.15, -0.1) is 0 Å². The maximum Gasteiger partial charge on any atom is 0.306 e. The molecule has 4 heteroatoms. The van der Waals surface area contributed by atoms with Crippen molar-refractivity contribution in [1.29, 1.82) is 0 Å². The Balaban J connectivity index is 2.67. The van der Waals surface area contributed by atoms with Crippen molar-refractivity contribution in [2.75, 3.05) is 6.61 Å². The van der Waals surface area contributed by atoms with Crippen molar-refractivity contribution < 1.29 is 19.4 Å². The molecule has 4 nitrogen and oxygen atoms in total. The van der Waals surface area contributed by atoms with Crippen LogP contribution in [0.1, 0.15) is 37.7 Å². The number of carbonyl (C=O) groups excluding carboxylic acids is 1. The summed E-state index contributed by atoms with van der Waals surface area (Å²) in [7, 11) is 0. The van der Waals surface area contributed by atoms with E-state index >= 15 is 0 Å². The summed E-state index contributed by atoms with van der Waals surface area (Å²) in [6.07, 6.45) is 0.808. The predicted molar refractivity (Wildman–Crippen MR) is 67.3 cm³/mol. The summed E-state index contributed by atoms with van der Waals surface area (Å²) >= 11 is 0. The molecule has 98 valence electrons. The SMILES string of the molecule is CCCOC(=O)C[C@H](CC(=O)O)c1ccccc1. The molecule has 0 spiro atoms. The van der Waals surface area contributed by atoms with Crippen LogP contribution in [0.25, 0.3) is 0 Å². The Kier molecular flexibility index (Phi) is 5.91. The van der Waals surface area contributed by atoms with E-state index in [9.17, 15) is 9.59 Å². The molecule has 0 aliphatic rings. The smallest absolute Gasteiger partial charge is 0.306 e. The Morgan fingerprint density at radius 1 is 1.22 bits per heavy atom. The van der Waals surface area contributed by atoms with Gasteiger partial charge >= 0.3 is 11.9 Å². The normalized spacial score (nSPS) is 11.8. The summed E-state index contributed by atoms with van der Waals surface area (Å²) < 4.78 is 4.99. The summed E-state index contributed by atoms with van der Waals surface area (Å²) in [5.74, 6) is -1.58. The molecule has 0 saturated heterocycles. The van der Waals surface area contributed by atoms with E-state index in [0.717, 1.165) is 12.0 Å². The van der Waals surface area contributed by atoms with Crippen LogP contribution in [0.3, 0.4) is 0 Å². The molecule has 0 saturated carbocycles. The average Bonchev–Trinajstić information content (AvgIpc) is 2.36. The van der Waals surface area contributed by atoms with Crippen LogP contribution in [0, 0.1) is 0 Å². The lowest BCUT2D eigenvalue weighted by molar-refractivity contribution is -0.144. The number of carboxylic acid groups (broad SMARTS) is 1. The molecule has 0 unspecified atom stereocenters. The molecule has 1 atom stereocenters. The summed E-state index contributed by atoms with van der Waals surface area (Å²) in [4.78, 5) is 22.4. The van der Waals surface area contributed by atoms with Crippen molar-refractivity contribution >= 4 is 11.9 Å². The lowest BCUT2D eigenvalue weighted by atomic mass is 9.93. The molecule has 1 rings (SSSR count). The van der Waals surface area contributed by atoms with Gasteiger partial charge in [-0.1, -0.05) is 37.3 Å². The van der Waals surface area contributed by atoms with Crippen LogP contribution in [-0.2, 0) is 14.3 Å². The van der Waals surface area contributed by atoms with E-state index in [1.807, 2.05) is 37.3 Å². The van der Waals surface area contributed by atoms with Crippen LogP contribution in [0.5, 0.6) is 0 Å². The van der Waals surface area contributed by atoms with Gasteiger partial charge in [0.2, 0.25) is 0 Å². The molecule has 0 radical (unpaired) electrons. The van der Waals surface area contributed by atoms with Crippen molar-refractivity contribution in [3.8, 4) is 0 Å². The molecule has 0 amide bonds. The summed E-state index contributed by atoms with van der Waals surface area (Å²) in [6, 6.07) is 9.20. The first-order valence-corrected chi connectivity index (χ1v) is 6.05. The van der Waals surface area contributed by atoms with Gasteiger partial charge in [-0.05, 0) is 12.0 Å². The highest BCUT2D eigenvalue weighted by atomic mass is 16.5. The average molecular weight is 250 g/mol. The Morgan fingerprint density at radius 2 is 1.89 bits per heavy atom. The van der Waals surface area contributed by atoms with Gasteiger partial charge in [0.15, 0.2) is 0 Å². The number of carboxylic acids is 1. The fourth-order valence-corrected chi connectivity index (χ4v) is 1.72. The zero-order chi connectivity index (χ0) is 13.4. The van der Waals surface area contributed by atoms with Gasteiger partial charge in [0.05, 0.1) is 19.4 Å². The maximum absolute atomic E-state index is 11.6. The molecule has 1 aromatic rings. The predicted octanol–water partition coefficient (Wildman–Crippen LogP) is 2.59. The summed E-state index contributed by atoms with van der Waals surface area (Å²) in [5.41, 5.74) is 0.855. The monoisotopic (exact) mass is 250 g/mol. The Bertz CT molecular complexity index is 386. The summed E-state index contributed by atoms with van der Waals surface area (Å²) in [5, 5.41) is 8.88. The van der Waals surface area contributed by atoms with Gasteiger partial charge < -0.3 is 9.84 Å². The van der Waals surface area contributed by atoms with Crippen LogP contribution in [0.2, 0.25) is 0 Å². The molecule has 0 aliphatic heterocycles. The number of ether oxygens (including phenoxy) is 1. The minimum atomic E-state index is -0.910. The summed E-state index contributed by atoms with van der Waals surface area (Å²) in [6.45, 7) is 2.30. The van der Waals surface area contributed by atoms with Crippen molar-refractivity contribution in [1.82, 2.24) is 0 Å². The standard InChI is InChI=1S/C14H18O4/c1-2-8-18-14(17)10-12(9-13(15)16)11-6-4-3-5-7-11/h3-7,12H,2,8-10H2,1H3,(H,15,16)/t12-/m0/s1. The van der Waals surface area contributed by atoms with E-state index in [0.29, 0.717) is 6.61 Å². The molecule has 0 heterocycles. The lowest BCUT2D eigenvalue weighted by Gasteiger charge is -2.14. The third-order valence-corrected chi connectivity index (χ3v) is 2.57. The van der Waals surface area contributed by atoms with Gasteiger partial charge in [0, 0.05) is 5.92 Å². The maximum atomic E-state index is 11.6. The molecule has 1 aromatic carbocycles. The minimum Gasteiger partial charge on any atom is -0.481 e. The number of hydrogen-bond donors (Lipinski definition) is 1.